The van der Waals surface area contributed by atoms with Gasteiger partial charge in [0.15, 0.2) is 0 Å². The summed E-state index contributed by atoms with van der Waals surface area (Å²) >= 11 is 0. The van der Waals surface area contributed by atoms with Gasteiger partial charge in [0, 0.05) is 6.07 Å². The molecule has 0 spiro atoms. The van der Waals surface area contributed by atoms with Crippen LogP contribution in [0.3, 0.4) is 0 Å². The molecule has 1 N–H and O–H groups in total. The molecule has 0 heterocycles. The van der Waals surface area contributed by atoms with Crippen LogP contribution < -0.4 is 4.74 Å². The van der Waals surface area contributed by atoms with Gasteiger partial charge in [-0.05, 0) is 35.4 Å². The molecular weight excluding hydrogens is 263 g/mol. The summed E-state index contributed by atoms with van der Waals surface area (Å²) in [5.74, 6) is -0.951. The zero-order valence-corrected chi connectivity index (χ0v) is 11.0. The van der Waals surface area contributed by atoms with Crippen LogP contribution in [0.25, 0.3) is 11.1 Å². The van der Waals surface area contributed by atoms with Crippen LogP contribution >= 0.6 is 0 Å². The number of esters is 1. The molecule has 0 aliphatic heterocycles. The van der Waals surface area contributed by atoms with Crippen molar-refractivity contribution in [3.05, 3.63) is 47.8 Å². The Labute approximate surface area is 115 Å². The maximum Gasteiger partial charge on any atom is 0.340 e. The van der Waals surface area contributed by atoms with Crippen LogP contribution in [0.15, 0.2) is 36.4 Å². The average molecular weight is 276 g/mol. The lowest BCUT2D eigenvalue weighted by atomic mass is 10.0. The van der Waals surface area contributed by atoms with Gasteiger partial charge in [-0.15, -0.1) is 0 Å². The average Bonchev–Trinajstić information content (AvgIpc) is 2.45. The quantitative estimate of drug-likeness (QED) is 0.876. The van der Waals surface area contributed by atoms with Crippen LogP contribution in [0.4, 0.5) is 4.39 Å². The summed E-state index contributed by atoms with van der Waals surface area (Å²) in [7, 11) is 2.66. The van der Waals surface area contributed by atoms with Crippen LogP contribution in [-0.4, -0.2) is 25.3 Å². The molecule has 0 saturated carbocycles. The SMILES string of the molecule is COC(=O)c1ccc(-c2cc(O)cc(OC)c2)cc1F. The predicted molar refractivity (Wildman–Crippen MR) is 71.4 cm³/mol. The van der Waals surface area contributed by atoms with Gasteiger partial charge in [0.2, 0.25) is 0 Å². The van der Waals surface area contributed by atoms with Crippen molar-refractivity contribution in [2.24, 2.45) is 0 Å². The minimum absolute atomic E-state index is 0.0109. The Kier molecular flexibility index (Phi) is 3.89. The van der Waals surface area contributed by atoms with Crippen molar-refractivity contribution in [3.63, 3.8) is 0 Å². The minimum Gasteiger partial charge on any atom is -0.508 e. The van der Waals surface area contributed by atoms with Crippen LogP contribution in [-0.2, 0) is 4.74 Å². The number of methoxy groups -OCH3 is 2. The Morgan fingerprint density at radius 1 is 1.10 bits per heavy atom. The van der Waals surface area contributed by atoms with E-state index in [4.69, 9.17) is 4.74 Å². The summed E-state index contributed by atoms with van der Waals surface area (Å²) in [6.07, 6.45) is 0. The van der Waals surface area contributed by atoms with Crippen molar-refractivity contribution in [3.8, 4) is 22.6 Å². The number of carbonyl (C=O) groups excluding carboxylic acids is 1. The van der Waals surface area contributed by atoms with Gasteiger partial charge >= 0.3 is 5.97 Å². The number of rotatable bonds is 3. The number of benzene rings is 2. The van der Waals surface area contributed by atoms with E-state index in [9.17, 15) is 14.3 Å². The summed E-state index contributed by atoms with van der Waals surface area (Å²) in [6, 6.07) is 8.71. The summed E-state index contributed by atoms with van der Waals surface area (Å²) in [5.41, 5.74) is 0.963. The monoisotopic (exact) mass is 276 g/mol. The van der Waals surface area contributed by atoms with E-state index >= 15 is 0 Å². The highest BCUT2D eigenvalue weighted by Gasteiger charge is 2.13. The molecule has 0 atom stereocenters. The maximum absolute atomic E-state index is 13.9. The van der Waals surface area contributed by atoms with Gasteiger partial charge < -0.3 is 14.6 Å². The fourth-order valence-electron chi connectivity index (χ4n) is 1.84. The Morgan fingerprint density at radius 3 is 2.45 bits per heavy atom. The number of ether oxygens (including phenoxy) is 2. The first kappa shape index (κ1) is 13.9. The Balaban J connectivity index is 2.46. The first-order valence-electron chi connectivity index (χ1n) is 5.81. The second-order valence-corrected chi connectivity index (χ2v) is 4.11. The second-order valence-electron chi connectivity index (χ2n) is 4.11. The summed E-state index contributed by atoms with van der Waals surface area (Å²) in [5, 5.41) is 9.59. The third-order valence-electron chi connectivity index (χ3n) is 2.83. The van der Waals surface area contributed by atoms with Crippen LogP contribution in [0, 0.1) is 5.82 Å². The van der Waals surface area contributed by atoms with Gasteiger partial charge in [0.25, 0.3) is 0 Å². The van der Waals surface area contributed by atoms with E-state index in [1.165, 1.54) is 38.5 Å². The molecule has 2 aromatic rings. The molecular formula is C15H13FO4. The van der Waals surface area contributed by atoms with Gasteiger partial charge in [-0.1, -0.05) is 6.07 Å². The molecule has 0 radical (unpaired) electrons. The third-order valence-corrected chi connectivity index (χ3v) is 2.83. The van der Waals surface area contributed by atoms with Crippen molar-refractivity contribution < 1.29 is 23.8 Å². The maximum atomic E-state index is 13.9. The Morgan fingerprint density at radius 2 is 1.85 bits per heavy atom. The van der Waals surface area contributed by atoms with Crippen LogP contribution in [0.5, 0.6) is 11.5 Å². The van der Waals surface area contributed by atoms with Gasteiger partial charge in [-0.25, -0.2) is 9.18 Å². The Bertz CT molecular complexity index is 652. The molecule has 0 aliphatic rings. The lowest BCUT2D eigenvalue weighted by Crippen LogP contribution is -2.04. The number of halogens is 1. The number of phenolic OH excluding ortho intramolecular Hbond substituents is 1. The number of aromatic hydroxyl groups is 1. The van der Waals surface area contributed by atoms with Gasteiger partial charge in [-0.3, -0.25) is 0 Å². The van der Waals surface area contributed by atoms with E-state index in [2.05, 4.69) is 4.74 Å². The van der Waals surface area contributed by atoms with Crippen molar-refractivity contribution in [1.82, 2.24) is 0 Å². The number of hydrogen-bond donors (Lipinski definition) is 1. The first-order valence-corrected chi connectivity index (χ1v) is 5.81. The summed E-state index contributed by atoms with van der Waals surface area (Å²) in [4.78, 5) is 11.3. The molecule has 0 aromatic heterocycles. The molecule has 2 rings (SSSR count). The normalized spacial score (nSPS) is 10.2. The molecule has 0 amide bonds. The highest BCUT2D eigenvalue weighted by molar-refractivity contribution is 5.90. The summed E-state index contributed by atoms with van der Waals surface area (Å²) < 4.78 is 23.4. The molecule has 0 aliphatic carbocycles. The van der Waals surface area contributed by atoms with Gasteiger partial charge in [0.05, 0.1) is 19.8 Å². The fraction of sp³-hybridized carbons (Fsp3) is 0.133. The Hall–Kier alpha value is -2.56. The number of carbonyl (C=O) groups is 1. The molecule has 0 bridgehead atoms. The highest BCUT2D eigenvalue weighted by atomic mass is 19.1. The van der Waals surface area contributed by atoms with Crippen LogP contribution in [0.1, 0.15) is 10.4 Å². The molecule has 104 valence electrons. The molecule has 0 saturated heterocycles. The van der Waals surface area contributed by atoms with E-state index in [1.807, 2.05) is 0 Å². The molecule has 0 unspecified atom stereocenters. The van der Waals surface area contributed by atoms with Crippen LogP contribution in [0.2, 0.25) is 0 Å². The predicted octanol–water partition coefficient (Wildman–Crippen LogP) is 2.99. The molecule has 0 fully saturated rings. The van der Waals surface area contributed by atoms with Gasteiger partial charge in [-0.2, -0.15) is 0 Å². The smallest absolute Gasteiger partial charge is 0.340 e. The van der Waals surface area contributed by atoms with Crippen molar-refractivity contribution in [2.75, 3.05) is 14.2 Å². The molecule has 5 heteroatoms. The topological polar surface area (TPSA) is 55.8 Å². The van der Waals surface area contributed by atoms with Crippen molar-refractivity contribution >= 4 is 5.97 Å². The van der Waals surface area contributed by atoms with E-state index < -0.39 is 11.8 Å². The van der Waals surface area contributed by atoms with Gasteiger partial charge in [0.1, 0.15) is 17.3 Å². The highest BCUT2D eigenvalue weighted by Crippen LogP contribution is 2.30. The van der Waals surface area contributed by atoms with Crippen molar-refractivity contribution in [2.45, 2.75) is 0 Å². The second kappa shape index (κ2) is 5.61. The van der Waals surface area contributed by atoms with Crippen molar-refractivity contribution in [1.29, 1.82) is 0 Å². The molecule has 4 nitrogen and oxygen atoms in total. The lowest BCUT2D eigenvalue weighted by molar-refractivity contribution is 0.0595. The first-order chi connectivity index (χ1) is 9.55. The third kappa shape index (κ3) is 2.71. The standard InChI is InChI=1S/C15H13FO4/c1-19-12-6-10(5-11(17)8-12)9-3-4-13(14(16)7-9)15(18)20-2/h3-8,17H,1-2H3. The minimum atomic E-state index is -0.734. The largest absolute Gasteiger partial charge is 0.508 e. The van der Waals surface area contributed by atoms with E-state index in [0.29, 0.717) is 16.9 Å². The molecule has 20 heavy (non-hydrogen) atoms. The number of phenols is 1. The lowest BCUT2D eigenvalue weighted by Gasteiger charge is -2.08. The number of hydrogen-bond acceptors (Lipinski definition) is 4. The summed E-state index contributed by atoms with van der Waals surface area (Å²) in [6.45, 7) is 0. The molecule has 2 aromatic carbocycles. The zero-order chi connectivity index (χ0) is 14.7. The van der Waals surface area contributed by atoms with E-state index in [1.54, 1.807) is 12.1 Å². The zero-order valence-electron chi connectivity index (χ0n) is 11.0. The van der Waals surface area contributed by atoms with E-state index in [0.717, 1.165) is 0 Å². The fourth-order valence-corrected chi connectivity index (χ4v) is 1.84. The van der Waals surface area contributed by atoms with E-state index in [-0.39, 0.29) is 11.3 Å².